The zero-order valence-electron chi connectivity index (χ0n) is 62.5. The van der Waals surface area contributed by atoms with Crippen molar-refractivity contribution < 1.29 is 80.2 Å². The van der Waals surface area contributed by atoms with Gasteiger partial charge in [0.25, 0.3) is 0 Å². The average molecular weight is 1430 g/mol. The van der Waals surface area contributed by atoms with Crippen LogP contribution >= 0.6 is 15.6 Å². The summed E-state index contributed by atoms with van der Waals surface area (Å²) in [5, 5.41) is 10.6. The number of phosphoric acid groups is 2. The van der Waals surface area contributed by atoms with Crippen molar-refractivity contribution in [3.8, 4) is 0 Å². The van der Waals surface area contributed by atoms with Crippen molar-refractivity contribution in [2.75, 3.05) is 39.6 Å². The van der Waals surface area contributed by atoms with Gasteiger partial charge in [-0.3, -0.25) is 37.3 Å². The summed E-state index contributed by atoms with van der Waals surface area (Å²) in [6.07, 6.45) is 70.5. The summed E-state index contributed by atoms with van der Waals surface area (Å²) in [6.45, 7) is 4.84. The zero-order valence-corrected chi connectivity index (χ0v) is 64.3. The highest BCUT2D eigenvalue weighted by molar-refractivity contribution is 7.47. The van der Waals surface area contributed by atoms with Gasteiger partial charge < -0.3 is 33.8 Å². The number of ether oxygens (including phenoxy) is 4. The lowest BCUT2D eigenvalue weighted by molar-refractivity contribution is -0.161. The topological polar surface area (TPSA) is 237 Å². The van der Waals surface area contributed by atoms with Crippen molar-refractivity contribution in [3.05, 3.63) is 60.8 Å². The van der Waals surface area contributed by atoms with Gasteiger partial charge in [0.05, 0.1) is 26.4 Å². The molecule has 3 N–H and O–H groups in total. The molecule has 572 valence electrons. The van der Waals surface area contributed by atoms with Gasteiger partial charge in [0.1, 0.15) is 19.3 Å². The molecule has 0 radical (unpaired) electrons. The Morgan fingerprint density at radius 3 is 0.857 bits per heavy atom. The first-order valence-electron chi connectivity index (χ1n) is 39.5. The number of aliphatic hydroxyl groups excluding tert-OH is 1. The Kier molecular flexibility index (Phi) is 69.7. The number of carbonyl (C=O) groups excluding carboxylic acids is 4. The van der Waals surface area contributed by atoms with E-state index in [2.05, 4.69) is 88.5 Å². The van der Waals surface area contributed by atoms with E-state index < -0.39 is 97.5 Å². The van der Waals surface area contributed by atoms with Crippen molar-refractivity contribution in [2.45, 2.75) is 380 Å². The van der Waals surface area contributed by atoms with E-state index in [1.807, 2.05) is 0 Å². The number of unbranched alkanes of at least 4 members (excludes halogenated alkanes) is 40. The zero-order chi connectivity index (χ0) is 71.8. The molecule has 0 aliphatic carbocycles. The summed E-state index contributed by atoms with van der Waals surface area (Å²) in [5.74, 6) is -2.18. The third-order valence-corrected chi connectivity index (χ3v) is 18.9. The summed E-state index contributed by atoms with van der Waals surface area (Å²) < 4.78 is 68.5. The number of rotatable bonds is 75. The molecule has 0 amide bonds. The van der Waals surface area contributed by atoms with E-state index in [1.165, 1.54) is 141 Å². The van der Waals surface area contributed by atoms with Crippen LogP contribution in [0.5, 0.6) is 0 Å². The van der Waals surface area contributed by atoms with Crippen LogP contribution in [0.4, 0.5) is 0 Å². The van der Waals surface area contributed by atoms with Gasteiger partial charge in [0.2, 0.25) is 0 Å². The van der Waals surface area contributed by atoms with Crippen LogP contribution in [0.1, 0.15) is 362 Å². The molecule has 5 atom stereocenters. The Bertz CT molecular complexity index is 2100. The molecule has 0 heterocycles. The van der Waals surface area contributed by atoms with E-state index in [0.29, 0.717) is 25.7 Å². The van der Waals surface area contributed by atoms with Gasteiger partial charge in [0, 0.05) is 25.7 Å². The molecule has 0 aliphatic rings. The quantitative estimate of drug-likeness (QED) is 0.0128. The molecule has 0 rings (SSSR count). The van der Waals surface area contributed by atoms with Crippen molar-refractivity contribution in [2.24, 2.45) is 0 Å². The van der Waals surface area contributed by atoms with Gasteiger partial charge in [-0.05, 0) is 109 Å². The number of hydrogen-bond acceptors (Lipinski definition) is 15. The van der Waals surface area contributed by atoms with E-state index in [4.69, 9.17) is 37.0 Å². The molecule has 2 unspecified atom stereocenters. The van der Waals surface area contributed by atoms with Gasteiger partial charge in [-0.2, -0.15) is 0 Å². The molecule has 0 aromatic carbocycles. The fourth-order valence-corrected chi connectivity index (χ4v) is 12.5. The lowest BCUT2D eigenvalue weighted by Crippen LogP contribution is -2.30. The second-order valence-corrected chi connectivity index (χ2v) is 29.6. The minimum absolute atomic E-state index is 0.0808. The smallest absolute Gasteiger partial charge is 0.462 e. The van der Waals surface area contributed by atoms with E-state index in [-0.39, 0.29) is 25.7 Å². The normalized spacial score (nSPS) is 14.2. The van der Waals surface area contributed by atoms with E-state index in [0.717, 1.165) is 141 Å². The van der Waals surface area contributed by atoms with Crippen LogP contribution in [0.2, 0.25) is 0 Å². The van der Waals surface area contributed by atoms with Crippen LogP contribution in [-0.4, -0.2) is 96.7 Å². The van der Waals surface area contributed by atoms with Gasteiger partial charge in [-0.25, -0.2) is 9.13 Å². The Morgan fingerprint density at radius 2 is 0.531 bits per heavy atom. The van der Waals surface area contributed by atoms with Crippen molar-refractivity contribution in [3.63, 3.8) is 0 Å². The number of esters is 4. The lowest BCUT2D eigenvalue weighted by atomic mass is 10.0. The summed E-state index contributed by atoms with van der Waals surface area (Å²) in [4.78, 5) is 72.9. The first-order valence-corrected chi connectivity index (χ1v) is 42.5. The Labute approximate surface area is 597 Å². The molecule has 17 nitrogen and oxygen atoms in total. The summed E-state index contributed by atoms with van der Waals surface area (Å²) in [6, 6.07) is 0. The van der Waals surface area contributed by atoms with E-state index in [1.54, 1.807) is 0 Å². The highest BCUT2D eigenvalue weighted by Crippen LogP contribution is 2.45. The second-order valence-electron chi connectivity index (χ2n) is 26.7. The van der Waals surface area contributed by atoms with Gasteiger partial charge in [-0.1, -0.05) is 288 Å². The Morgan fingerprint density at radius 1 is 0.296 bits per heavy atom. The maximum atomic E-state index is 13.1. The highest BCUT2D eigenvalue weighted by atomic mass is 31.2. The van der Waals surface area contributed by atoms with Gasteiger partial charge >= 0.3 is 39.5 Å². The van der Waals surface area contributed by atoms with Crippen LogP contribution in [0.3, 0.4) is 0 Å². The molecule has 0 aromatic heterocycles. The molecule has 0 bridgehead atoms. The number of hydrogen-bond donors (Lipinski definition) is 3. The number of phosphoric ester groups is 2. The minimum atomic E-state index is -4.97. The predicted molar refractivity (Wildman–Crippen MR) is 400 cm³/mol. The second kappa shape index (κ2) is 72.1. The summed E-state index contributed by atoms with van der Waals surface area (Å²) in [7, 11) is -9.95. The molecule has 0 aliphatic heterocycles. The third kappa shape index (κ3) is 71.2. The first kappa shape index (κ1) is 94.8. The summed E-state index contributed by atoms with van der Waals surface area (Å²) >= 11 is 0. The Balaban J connectivity index is 5.35. The molecule has 0 saturated heterocycles. The predicted octanol–water partition coefficient (Wildman–Crippen LogP) is 22.7. The van der Waals surface area contributed by atoms with Crippen molar-refractivity contribution >= 4 is 39.5 Å². The molecular formula is C79H144O17P2. The fraction of sp³-hybridized carbons (Fsp3) is 0.823. The molecule has 98 heavy (non-hydrogen) atoms. The van der Waals surface area contributed by atoms with Crippen LogP contribution in [0.25, 0.3) is 0 Å². The van der Waals surface area contributed by atoms with Crippen molar-refractivity contribution in [1.82, 2.24) is 0 Å². The maximum Gasteiger partial charge on any atom is 0.472 e. The first-order chi connectivity index (χ1) is 47.7. The van der Waals surface area contributed by atoms with Crippen LogP contribution in [0, 0.1) is 0 Å². The maximum absolute atomic E-state index is 13.1. The standard InChI is InChI=1S/C79H144O17P2/c1-5-9-13-17-21-25-29-33-36-40-44-48-52-56-60-64-77(82)90-70-75(96-79(84)66-62-58-54-50-46-42-38-35-31-27-23-19-15-11-7-3)72-94-98(87,88)92-68-73(80)67-91-97(85,86)93-71-74(69-89-76(81)63-59-55-51-47-43-39-32-28-24-20-16-12-8-4)95-78(83)65-61-57-53-49-45-41-37-34-30-26-22-18-14-10-6-2/h23,26-27,30,33-38,73-75,80H,5-22,24-25,28-29,31-32,39-72H2,1-4H3,(H,85,86)(H,87,88)/b27-23-,30-26-,36-33-,37-34-,38-35-/t73-,74-,75-/m1/s1. The van der Waals surface area contributed by atoms with E-state index in [9.17, 15) is 43.2 Å². The van der Waals surface area contributed by atoms with Gasteiger partial charge in [0.15, 0.2) is 12.2 Å². The summed E-state index contributed by atoms with van der Waals surface area (Å²) in [5.41, 5.74) is 0. The number of aliphatic hydroxyl groups is 1. The molecule has 0 saturated carbocycles. The largest absolute Gasteiger partial charge is 0.472 e. The number of carbonyl (C=O) groups is 4. The Hall–Kier alpha value is -3.24. The van der Waals surface area contributed by atoms with Gasteiger partial charge in [-0.15, -0.1) is 0 Å². The van der Waals surface area contributed by atoms with Crippen LogP contribution in [-0.2, 0) is 65.4 Å². The number of allylic oxidation sites excluding steroid dienone is 10. The van der Waals surface area contributed by atoms with E-state index >= 15 is 0 Å². The average Bonchev–Trinajstić information content (AvgIpc) is 1.04. The van der Waals surface area contributed by atoms with Crippen LogP contribution in [0.15, 0.2) is 60.8 Å². The molecule has 0 fully saturated rings. The molecule has 0 spiro atoms. The third-order valence-electron chi connectivity index (χ3n) is 17.0. The molecule has 0 aromatic rings. The SMILES string of the molecule is CCCCC/C=C\C/C=C\CCCCCCCC(=O)O[C@H](COC(=O)CCCCCCC/C=C\CCCCCCCC)COP(=O)(O)OC[C@H](O)COP(=O)(O)OC[C@@H](COC(=O)CCCCCCCCCCCCCCC)OC(=O)CCCCCCC/C=C\C=C/CCCCCC. The lowest BCUT2D eigenvalue weighted by Gasteiger charge is -2.21. The van der Waals surface area contributed by atoms with Crippen LogP contribution < -0.4 is 0 Å². The highest BCUT2D eigenvalue weighted by Gasteiger charge is 2.30. The fourth-order valence-electron chi connectivity index (χ4n) is 10.9. The monoisotopic (exact) mass is 1430 g/mol. The minimum Gasteiger partial charge on any atom is -0.462 e. The van der Waals surface area contributed by atoms with Crippen molar-refractivity contribution in [1.29, 1.82) is 0 Å². The molecule has 19 heteroatoms. The molecular weight excluding hydrogens is 1280 g/mol.